The number of nitrogens with one attached hydrogen (secondary N) is 1. The standard InChI is InChI=1S/C16H22N2O/c1-4-5-6-14-7-9-15(10-8-14)13(3)18-16(19)11-12(2)17-18/h7-11,13,17H,4-6H2,1-3H3. The second-order valence-corrected chi connectivity index (χ2v) is 5.17. The van der Waals surface area contributed by atoms with Crippen LogP contribution in [0, 0.1) is 6.92 Å². The van der Waals surface area contributed by atoms with Gasteiger partial charge in [-0.2, -0.15) is 0 Å². The summed E-state index contributed by atoms with van der Waals surface area (Å²) in [7, 11) is 0. The van der Waals surface area contributed by atoms with Crippen molar-refractivity contribution < 1.29 is 0 Å². The average molecular weight is 258 g/mol. The zero-order chi connectivity index (χ0) is 13.8. The smallest absolute Gasteiger partial charge is 0.267 e. The summed E-state index contributed by atoms with van der Waals surface area (Å²) in [6.07, 6.45) is 3.58. The lowest BCUT2D eigenvalue weighted by Gasteiger charge is -2.13. The van der Waals surface area contributed by atoms with E-state index in [-0.39, 0.29) is 11.6 Å². The molecule has 1 unspecified atom stereocenters. The molecule has 2 rings (SSSR count). The number of H-pyrrole nitrogens is 1. The van der Waals surface area contributed by atoms with Crippen molar-refractivity contribution in [3.05, 3.63) is 57.5 Å². The lowest BCUT2D eigenvalue weighted by atomic mass is 10.0. The maximum atomic E-state index is 11.8. The van der Waals surface area contributed by atoms with Crippen molar-refractivity contribution in [2.45, 2.75) is 46.1 Å². The monoisotopic (exact) mass is 258 g/mol. The molecule has 0 aliphatic rings. The number of nitrogens with zero attached hydrogens (tertiary/aromatic N) is 1. The van der Waals surface area contributed by atoms with E-state index in [0.29, 0.717) is 0 Å². The number of rotatable bonds is 5. The third-order valence-electron chi connectivity index (χ3n) is 3.54. The molecule has 19 heavy (non-hydrogen) atoms. The van der Waals surface area contributed by atoms with E-state index in [9.17, 15) is 4.79 Å². The van der Waals surface area contributed by atoms with Crippen LogP contribution in [0.15, 0.2) is 35.1 Å². The number of aromatic amines is 1. The van der Waals surface area contributed by atoms with E-state index in [1.807, 2.05) is 13.8 Å². The molecule has 3 heteroatoms. The van der Waals surface area contributed by atoms with Crippen molar-refractivity contribution in [3.8, 4) is 0 Å². The highest BCUT2D eigenvalue weighted by Gasteiger charge is 2.10. The molecular formula is C16H22N2O. The fraction of sp³-hybridized carbons (Fsp3) is 0.438. The van der Waals surface area contributed by atoms with Crippen molar-refractivity contribution in [2.24, 2.45) is 0 Å². The lowest BCUT2D eigenvalue weighted by molar-refractivity contribution is 0.544. The van der Waals surface area contributed by atoms with Crippen molar-refractivity contribution in [2.75, 3.05) is 0 Å². The first-order valence-corrected chi connectivity index (χ1v) is 6.98. The van der Waals surface area contributed by atoms with Crippen LogP contribution >= 0.6 is 0 Å². The van der Waals surface area contributed by atoms with Crippen molar-refractivity contribution in [1.82, 2.24) is 9.78 Å². The van der Waals surface area contributed by atoms with Gasteiger partial charge in [0, 0.05) is 11.8 Å². The van der Waals surface area contributed by atoms with Gasteiger partial charge in [-0.3, -0.25) is 9.89 Å². The third kappa shape index (κ3) is 3.16. The van der Waals surface area contributed by atoms with Gasteiger partial charge in [-0.05, 0) is 37.8 Å². The SMILES string of the molecule is CCCCc1ccc(C(C)n2[nH]c(C)cc2=O)cc1. The van der Waals surface area contributed by atoms with Crippen LogP contribution in [0.2, 0.25) is 0 Å². The summed E-state index contributed by atoms with van der Waals surface area (Å²) in [6, 6.07) is 10.3. The van der Waals surface area contributed by atoms with Gasteiger partial charge in [-0.15, -0.1) is 0 Å². The Morgan fingerprint density at radius 2 is 1.95 bits per heavy atom. The molecule has 0 saturated heterocycles. The van der Waals surface area contributed by atoms with Gasteiger partial charge in [0.25, 0.3) is 5.56 Å². The molecule has 1 atom stereocenters. The van der Waals surface area contributed by atoms with Crippen LogP contribution < -0.4 is 5.56 Å². The fourth-order valence-electron chi connectivity index (χ4n) is 2.31. The Morgan fingerprint density at radius 3 is 2.47 bits per heavy atom. The van der Waals surface area contributed by atoms with Gasteiger partial charge in [0.05, 0.1) is 6.04 Å². The lowest BCUT2D eigenvalue weighted by Crippen LogP contribution is -2.20. The Bertz CT molecular complexity index is 578. The zero-order valence-electron chi connectivity index (χ0n) is 11.9. The Morgan fingerprint density at radius 1 is 1.26 bits per heavy atom. The number of benzene rings is 1. The van der Waals surface area contributed by atoms with Gasteiger partial charge < -0.3 is 0 Å². The summed E-state index contributed by atoms with van der Waals surface area (Å²) < 4.78 is 1.68. The average Bonchev–Trinajstić information content (AvgIpc) is 2.75. The molecule has 1 aromatic carbocycles. The summed E-state index contributed by atoms with van der Waals surface area (Å²) in [5.74, 6) is 0. The minimum absolute atomic E-state index is 0.0278. The first-order chi connectivity index (χ1) is 9.11. The topological polar surface area (TPSA) is 37.8 Å². The second kappa shape index (κ2) is 5.91. The highest BCUT2D eigenvalue weighted by molar-refractivity contribution is 5.25. The molecule has 0 aliphatic carbocycles. The molecule has 0 amide bonds. The van der Waals surface area contributed by atoms with E-state index in [1.54, 1.807) is 10.7 Å². The predicted molar refractivity (Wildman–Crippen MR) is 78.7 cm³/mol. The summed E-state index contributed by atoms with van der Waals surface area (Å²) in [6.45, 7) is 6.15. The molecule has 0 saturated carbocycles. The van der Waals surface area contributed by atoms with Crippen molar-refractivity contribution in [3.63, 3.8) is 0 Å². The van der Waals surface area contributed by atoms with Gasteiger partial charge >= 0.3 is 0 Å². The first kappa shape index (κ1) is 13.7. The van der Waals surface area contributed by atoms with Crippen LogP contribution in [0.4, 0.5) is 0 Å². The molecule has 0 spiro atoms. The van der Waals surface area contributed by atoms with Crippen LogP contribution in [0.25, 0.3) is 0 Å². The molecular weight excluding hydrogens is 236 g/mol. The van der Waals surface area contributed by atoms with E-state index < -0.39 is 0 Å². The highest BCUT2D eigenvalue weighted by atomic mass is 16.1. The number of aromatic nitrogens is 2. The van der Waals surface area contributed by atoms with E-state index >= 15 is 0 Å². The molecule has 102 valence electrons. The van der Waals surface area contributed by atoms with E-state index in [2.05, 4.69) is 36.3 Å². The molecule has 1 aromatic heterocycles. The number of hydrogen-bond acceptors (Lipinski definition) is 1. The van der Waals surface area contributed by atoms with Gasteiger partial charge in [0.2, 0.25) is 0 Å². The summed E-state index contributed by atoms with van der Waals surface area (Å²) in [5, 5.41) is 3.10. The molecule has 1 N–H and O–H groups in total. The predicted octanol–water partition coefficient (Wildman–Crippen LogP) is 3.44. The zero-order valence-corrected chi connectivity index (χ0v) is 11.9. The summed E-state index contributed by atoms with van der Waals surface area (Å²) in [5.41, 5.74) is 3.45. The van der Waals surface area contributed by atoms with Crippen LogP contribution in [0.3, 0.4) is 0 Å². The fourth-order valence-corrected chi connectivity index (χ4v) is 2.31. The normalized spacial score (nSPS) is 12.6. The Labute approximate surface area is 114 Å². The maximum Gasteiger partial charge on any atom is 0.267 e. The van der Waals surface area contributed by atoms with E-state index in [4.69, 9.17) is 0 Å². The first-order valence-electron chi connectivity index (χ1n) is 6.98. The second-order valence-electron chi connectivity index (χ2n) is 5.17. The van der Waals surface area contributed by atoms with Crippen LogP contribution in [0.1, 0.15) is 49.6 Å². The van der Waals surface area contributed by atoms with E-state index in [1.165, 1.54) is 18.4 Å². The Hall–Kier alpha value is -1.77. The molecule has 3 nitrogen and oxygen atoms in total. The number of aryl methyl sites for hydroxylation is 2. The Balaban J connectivity index is 2.17. The maximum absolute atomic E-state index is 11.8. The molecule has 0 bridgehead atoms. The summed E-state index contributed by atoms with van der Waals surface area (Å²) in [4.78, 5) is 11.8. The van der Waals surface area contributed by atoms with E-state index in [0.717, 1.165) is 17.7 Å². The van der Waals surface area contributed by atoms with Gasteiger partial charge in [0.1, 0.15) is 0 Å². The van der Waals surface area contributed by atoms with Crippen LogP contribution in [-0.4, -0.2) is 9.78 Å². The van der Waals surface area contributed by atoms with Crippen molar-refractivity contribution >= 4 is 0 Å². The third-order valence-corrected chi connectivity index (χ3v) is 3.54. The van der Waals surface area contributed by atoms with Crippen molar-refractivity contribution in [1.29, 1.82) is 0 Å². The van der Waals surface area contributed by atoms with Gasteiger partial charge in [-0.1, -0.05) is 37.6 Å². The molecule has 0 fully saturated rings. The quantitative estimate of drug-likeness (QED) is 0.876. The largest absolute Gasteiger partial charge is 0.299 e. The number of hydrogen-bond donors (Lipinski definition) is 1. The molecule has 0 radical (unpaired) electrons. The molecule has 0 aliphatic heterocycles. The van der Waals surface area contributed by atoms with Crippen LogP contribution in [0.5, 0.6) is 0 Å². The minimum atomic E-state index is 0.0278. The molecule has 2 aromatic rings. The van der Waals surface area contributed by atoms with Gasteiger partial charge in [-0.25, -0.2) is 4.68 Å². The van der Waals surface area contributed by atoms with Gasteiger partial charge in [0.15, 0.2) is 0 Å². The number of unbranched alkanes of at least 4 members (excludes halogenated alkanes) is 1. The highest BCUT2D eigenvalue weighted by Crippen LogP contribution is 2.17. The van der Waals surface area contributed by atoms with Crippen LogP contribution in [-0.2, 0) is 6.42 Å². The Kier molecular flexibility index (Phi) is 4.25. The minimum Gasteiger partial charge on any atom is -0.299 e. The summed E-state index contributed by atoms with van der Waals surface area (Å²) >= 11 is 0. The molecule has 1 heterocycles.